The van der Waals surface area contributed by atoms with Gasteiger partial charge in [-0.05, 0) is 57.4 Å². The first kappa shape index (κ1) is 33.2. The van der Waals surface area contributed by atoms with Gasteiger partial charge in [-0.3, -0.25) is 9.89 Å². The van der Waals surface area contributed by atoms with Crippen molar-refractivity contribution < 1.29 is 5.11 Å². The van der Waals surface area contributed by atoms with Gasteiger partial charge in [0.25, 0.3) is 0 Å². The second-order valence-electron chi connectivity index (χ2n) is 10.2. The van der Waals surface area contributed by atoms with Crippen molar-refractivity contribution in [3.05, 3.63) is 30.1 Å². The van der Waals surface area contributed by atoms with Crippen molar-refractivity contribution in [2.24, 2.45) is 10.9 Å². The highest BCUT2D eigenvalue weighted by Gasteiger charge is 2.28. The Labute approximate surface area is 228 Å². The summed E-state index contributed by atoms with van der Waals surface area (Å²) in [5.74, 6) is 1.45. The van der Waals surface area contributed by atoms with E-state index in [2.05, 4.69) is 60.3 Å². The largest absolute Gasteiger partial charge is 0.400 e. The van der Waals surface area contributed by atoms with Crippen LogP contribution in [0.15, 0.2) is 23.8 Å². The van der Waals surface area contributed by atoms with Crippen molar-refractivity contribution in [1.29, 1.82) is 0 Å². The number of unbranched alkanes of at least 4 members (excludes halogenated alkanes) is 2. The molecule has 0 radical (unpaired) electrons. The lowest BCUT2D eigenvalue weighted by molar-refractivity contribution is 0.120. The van der Waals surface area contributed by atoms with Crippen LogP contribution in [0, 0.1) is 5.92 Å². The van der Waals surface area contributed by atoms with Crippen molar-refractivity contribution in [2.75, 3.05) is 64.9 Å². The van der Waals surface area contributed by atoms with Gasteiger partial charge in [0.05, 0.1) is 5.69 Å². The number of aliphatic hydroxyl groups is 1. The highest BCUT2D eigenvalue weighted by molar-refractivity contribution is 5.53. The molecule has 0 amide bonds. The fourth-order valence-corrected chi connectivity index (χ4v) is 4.67. The Hall–Kier alpha value is -1.83. The van der Waals surface area contributed by atoms with Gasteiger partial charge in [-0.15, -0.1) is 6.58 Å². The van der Waals surface area contributed by atoms with Gasteiger partial charge in [-0.1, -0.05) is 46.1 Å². The molecule has 2 aliphatic rings. The van der Waals surface area contributed by atoms with E-state index in [-0.39, 0.29) is 0 Å². The highest BCUT2D eigenvalue weighted by Crippen LogP contribution is 2.26. The van der Waals surface area contributed by atoms with Gasteiger partial charge in [-0.25, -0.2) is 9.97 Å². The Morgan fingerprint density at radius 2 is 1.89 bits per heavy atom. The zero-order valence-corrected chi connectivity index (χ0v) is 24.8. The molecule has 0 aromatic carbocycles. The molecule has 7 heteroatoms. The van der Waals surface area contributed by atoms with E-state index in [1.54, 1.807) is 0 Å². The third-order valence-electron chi connectivity index (χ3n) is 7.32. The zero-order chi connectivity index (χ0) is 27.5. The first-order valence-electron chi connectivity index (χ1n) is 14.6. The molecule has 2 heterocycles. The average Bonchev–Trinajstić information content (AvgIpc) is 2.90. The summed E-state index contributed by atoms with van der Waals surface area (Å²) in [4.78, 5) is 21.2. The number of aromatic nitrogens is 2. The van der Waals surface area contributed by atoms with Crippen LogP contribution in [-0.2, 0) is 12.8 Å². The first-order chi connectivity index (χ1) is 18.0. The van der Waals surface area contributed by atoms with Crippen LogP contribution in [0.5, 0.6) is 0 Å². The quantitative estimate of drug-likeness (QED) is 0.229. The van der Waals surface area contributed by atoms with E-state index in [4.69, 9.17) is 15.1 Å². The summed E-state index contributed by atoms with van der Waals surface area (Å²) >= 11 is 0. The number of rotatable bonds is 13. The lowest BCUT2D eigenvalue weighted by Gasteiger charge is -2.43. The maximum absolute atomic E-state index is 7.00. The van der Waals surface area contributed by atoms with Gasteiger partial charge in [0, 0.05) is 71.6 Å². The Kier molecular flexibility index (Phi) is 18.1. The van der Waals surface area contributed by atoms with Crippen molar-refractivity contribution in [3.8, 4) is 0 Å². The van der Waals surface area contributed by atoms with Crippen LogP contribution in [0.4, 0.5) is 5.95 Å². The van der Waals surface area contributed by atoms with Crippen LogP contribution in [0.3, 0.4) is 0 Å². The fraction of sp³-hybridized carbons (Fsp3) is 0.767. The van der Waals surface area contributed by atoms with Gasteiger partial charge in [0.15, 0.2) is 0 Å². The van der Waals surface area contributed by atoms with Gasteiger partial charge >= 0.3 is 0 Å². The van der Waals surface area contributed by atoms with E-state index in [0.717, 1.165) is 77.8 Å². The molecule has 1 aliphatic heterocycles. The first-order valence-corrected chi connectivity index (χ1v) is 14.6. The van der Waals surface area contributed by atoms with Crippen LogP contribution in [0.2, 0.25) is 0 Å². The molecule has 1 unspecified atom stereocenters. The maximum atomic E-state index is 7.00. The minimum Gasteiger partial charge on any atom is -0.400 e. The van der Waals surface area contributed by atoms with Crippen molar-refractivity contribution in [2.45, 2.75) is 85.1 Å². The molecule has 2 fully saturated rings. The molecule has 212 valence electrons. The number of aliphatic imine (C=N–C) groups is 1. The predicted molar refractivity (Wildman–Crippen MR) is 160 cm³/mol. The van der Waals surface area contributed by atoms with Crippen molar-refractivity contribution in [3.63, 3.8) is 0 Å². The standard InChI is InChI=1S/C22H37N5.C7H15N.CH4O/c1-5-18(3)17-25(4)11-10-21-19(6-2)16-23-22(24-21)27-14-12-26(13-15-27)20-8-7-9-20;1-3-5-6-7-8-4-2;1-2/h5,16,18,20H,1,6-15,17H2,2-4H3;4H,3,5-7H2,1-2H3;2H,1H3. The Balaban J connectivity index is 0.000000586. The SMILES string of the molecule is C=CC(C)CN(C)CCc1nc(N2CCN(C3CCC3)CC2)ncc1CC.CC=NCCCCC.CO. The summed E-state index contributed by atoms with van der Waals surface area (Å²) in [7, 11) is 3.19. The number of hydrogen-bond donors (Lipinski definition) is 1. The second-order valence-corrected chi connectivity index (χ2v) is 10.2. The monoisotopic (exact) mass is 516 g/mol. The topological polar surface area (TPSA) is 68.1 Å². The van der Waals surface area contributed by atoms with Crippen molar-refractivity contribution in [1.82, 2.24) is 19.8 Å². The third-order valence-corrected chi connectivity index (χ3v) is 7.32. The summed E-state index contributed by atoms with van der Waals surface area (Å²) in [5, 5.41) is 7.00. The lowest BCUT2D eigenvalue weighted by Crippen LogP contribution is -2.52. The Morgan fingerprint density at radius 1 is 1.19 bits per heavy atom. The van der Waals surface area contributed by atoms with Crippen LogP contribution >= 0.6 is 0 Å². The Bertz CT molecular complexity index is 744. The molecule has 1 atom stereocenters. The lowest BCUT2D eigenvalue weighted by atomic mass is 9.91. The molecule has 1 aromatic heterocycles. The normalized spacial score (nSPS) is 17.0. The molecular formula is C30H56N6O. The summed E-state index contributed by atoms with van der Waals surface area (Å²) < 4.78 is 0. The highest BCUT2D eigenvalue weighted by atomic mass is 16.2. The average molecular weight is 517 g/mol. The summed E-state index contributed by atoms with van der Waals surface area (Å²) in [6.45, 7) is 20.0. The van der Waals surface area contributed by atoms with E-state index >= 15 is 0 Å². The molecule has 7 nitrogen and oxygen atoms in total. The molecule has 1 saturated heterocycles. The van der Waals surface area contributed by atoms with Crippen LogP contribution in [-0.4, -0.2) is 97.1 Å². The molecule has 0 bridgehead atoms. The number of anilines is 1. The second kappa shape index (κ2) is 20.2. The fourth-order valence-electron chi connectivity index (χ4n) is 4.67. The number of piperazine rings is 1. The number of nitrogens with zero attached hydrogens (tertiary/aromatic N) is 6. The number of aryl methyl sites for hydroxylation is 1. The van der Waals surface area contributed by atoms with E-state index in [1.807, 2.05) is 19.2 Å². The maximum Gasteiger partial charge on any atom is 0.225 e. The number of likely N-dealkylation sites (N-methyl/N-ethyl adjacent to an activating group) is 1. The summed E-state index contributed by atoms with van der Waals surface area (Å²) in [5.41, 5.74) is 2.51. The summed E-state index contributed by atoms with van der Waals surface area (Å²) in [6, 6.07) is 0.847. The molecule has 1 saturated carbocycles. The molecular weight excluding hydrogens is 460 g/mol. The molecule has 1 N–H and O–H groups in total. The number of aliphatic hydroxyl groups excluding tert-OH is 1. The van der Waals surface area contributed by atoms with Crippen LogP contribution < -0.4 is 4.90 Å². The minimum atomic E-state index is 0.522. The van der Waals surface area contributed by atoms with Crippen molar-refractivity contribution >= 4 is 12.2 Å². The smallest absolute Gasteiger partial charge is 0.225 e. The van der Waals surface area contributed by atoms with Gasteiger partial charge < -0.3 is 14.9 Å². The molecule has 37 heavy (non-hydrogen) atoms. The van der Waals surface area contributed by atoms with Crippen LogP contribution in [0.1, 0.15) is 77.5 Å². The number of hydrogen-bond acceptors (Lipinski definition) is 7. The van der Waals surface area contributed by atoms with E-state index in [9.17, 15) is 0 Å². The van der Waals surface area contributed by atoms with Gasteiger partial charge in [0.1, 0.15) is 0 Å². The van der Waals surface area contributed by atoms with E-state index in [1.165, 1.54) is 49.8 Å². The zero-order valence-electron chi connectivity index (χ0n) is 24.8. The third kappa shape index (κ3) is 12.5. The van der Waals surface area contributed by atoms with E-state index in [0.29, 0.717) is 5.92 Å². The molecule has 0 spiro atoms. The van der Waals surface area contributed by atoms with E-state index < -0.39 is 0 Å². The van der Waals surface area contributed by atoms with Gasteiger partial charge in [-0.2, -0.15) is 0 Å². The molecule has 1 aromatic rings. The van der Waals surface area contributed by atoms with Gasteiger partial charge in [0.2, 0.25) is 5.95 Å². The van der Waals surface area contributed by atoms with Crippen LogP contribution in [0.25, 0.3) is 0 Å². The predicted octanol–water partition coefficient (Wildman–Crippen LogP) is 4.89. The summed E-state index contributed by atoms with van der Waals surface area (Å²) in [6.07, 6.45) is 16.0. The minimum absolute atomic E-state index is 0.522. The Morgan fingerprint density at radius 3 is 2.43 bits per heavy atom. The molecule has 1 aliphatic carbocycles. The molecule has 3 rings (SSSR count).